The lowest BCUT2D eigenvalue weighted by Gasteiger charge is -2.09. The number of benzene rings is 2. The quantitative estimate of drug-likeness (QED) is 0.477. The van der Waals surface area contributed by atoms with Gasteiger partial charge in [0.1, 0.15) is 5.69 Å². The van der Waals surface area contributed by atoms with E-state index < -0.39 is 4.92 Å². The Labute approximate surface area is 131 Å². The summed E-state index contributed by atoms with van der Waals surface area (Å²) in [6.45, 7) is 0. The van der Waals surface area contributed by atoms with Crippen LogP contribution >= 0.6 is 23.4 Å². The summed E-state index contributed by atoms with van der Waals surface area (Å²) in [5.41, 5.74) is 4.74. The van der Waals surface area contributed by atoms with Crippen LogP contribution in [-0.2, 0) is 11.5 Å². The third kappa shape index (κ3) is 4.10. The van der Waals surface area contributed by atoms with Gasteiger partial charge in [-0.25, -0.2) is 0 Å². The Morgan fingerprint density at radius 1 is 1.19 bits per heavy atom. The number of nitro groups is 1. The van der Waals surface area contributed by atoms with Crippen molar-refractivity contribution < 1.29 is 4.92 Å². The van der Waals surface area contributed by atoms with Gasteiger partial charge in [0.15, 0.2) is 0 Å². The molecule has 0 fully saturated rings. The van der Waals surface area contributed by atoms with Gasteiger partial charge >= 0.3 is 0 Å². The molecule has 0 aromatic heterocycles. The molecular formula is C14H14ClN3O2S. The summed E-state index contributed by atoms with van der Waals surface area (Å²) in [6.07, 6.45) is 0. The van der Waals surface area contributed by atoms with Crippen molar-refractivity contribution in [3.8, 4) is 0 Å². The van der Waals surface area contributed by atoms with E-state index in [1.807, 2.05) is 30.3 Å². The van der Waals surface area contributed by atoms with Crippen LogP contribution in [0.25, 0.3) is 0 Å². The topological polar surface area (TPSA) is 81.2 Å². The summed E-state index contributed by atoms with van der Waals surface area (Å²) >= 11 is 7.49. The number of hydrazine groups is 1. The average Bonchev–Trinajstić information content (AvgIpc) is 2.49. The number of nitrogens with two attached hydrogens (primary N) is 1. The number of thioether (sulfide) groups is 1. The zero-order valence-electron chi connectivity index (χ0n) is 11.1. The predicted molar refractivity (Wildman–Crippen MR) is 87.4 cm³/mol. The van der Waals surface area contributed by atoms with Crippen LogP contribution in [0, 0.1) is 10.1 Å². The Balaban J connectivity index is 2.04. The summed E-state index contributed by atoms with van der Waals surface area (Å²) in [6, 6.07) is 12.5. The molecule has 21 heavy (non-hydrogen) atoms. The van der Waals surface area contributed by atoms with Gasteiger partial charge in [-0.1, -0.05) is 35.9 Å². The minimum Gasteiger partial charge on any atom is -0.318 e. The van der Waals surface area contributed by atoms with Crippen molar-refractivity contribution >= 4 is 34.7 Å². The lowest BCUT2D eigenvalue weighted by atomic mass is 10.2. The van der Waals surface area contributed by atoms with Crippen LogP contribution in [0.1, 0.15) is 11.1 Å². The number of nitrogens with one attached hydrogen (secondary N) is 1. The number of nitro benzene ring substituents is 1. The molecule has 0 aliphatic rings. The van der Waals surface area contributed by atoms with Crippen molar-refractivity contribution in [3.05, 3.63) is 68.7 Å². The molecule has 0 radical (unpaired) electrons. The summed E-state index contributed by atoms with van der Waals surface area (Å²) < 4.78 is 0. The Kier molecular flexibility index (Phi) is 5.44. The van der Waals surface area contributed by atoms with Gasteiger partial charge in [0.05, 0.1) is 4.92 Å². The van der Waals surface area contributed by atoms with Crippen LogP contribution in [-0.4, -0.2) is 4.92 Å². The normalized spacial score (nSPS) is 10.4. The lowest BCUT2D eigenvalue weighted by molar-refractivity contribution is -0.384. The Hall–Kier alpha value is -1.76. The number of nitrogens with zero attached hydrogens (tertiary/aromatic N) is 1. The highest BCUT2D eigenvalue weighted by Crippen LogP contribution is 2.30. The Morgan fingerprint density at radius 2 is 1.90 bits per heavy atom. The highest BCUT2D eigenvalue weighted by Gasteiger charge is 2.16. The first kappa shape index (κ1) is 15.6. The molecule has 0 aliphatic carbocycles. The van der Waals surface area contributed by atoms with E-state index in [-0.39, 0.29) is 5.69 Å². The fraction of sp³-hybridized carbons (Fsp3) is 0.143. The van der Waals surface area contributed by atoms with Gasteiger partial charge < -0.3 is 5.43 Å². The highest BCUT2D eigenvalue weighted by molar-refractivity contribution is 7.97. The Morgan fingerprint density at radius 3 is 2.52 bits per heavy atom. The second kappa shape index (κ2) is 7.31. The molecule has 0 saturated carbocycles. The number of halogens is 1. The van der Waals surface area contributed by atoms with E-state index in [1.54, 1.807) is 17.8 Å². The number of para-hydroxylation sites is 1. The first-order valence-electron chi connectivity index (χ1n) is 6.17. The first-order chi connectivity index (χ1) is 10.1. The van der Waals surface area contributed by atoms with Crippen LogP contribution in [0.5, 0.6) is 0 Å². The van der Waals surface area contributed by atoms with Crippen LogP contribution in [0.15, 0.2) is 42.5 Å². The van der Waals surface area contributed by atoms with Gasteiger partial charge in [-0.15, -0.1) is 0 Å². The zero-order chi connectivity index (χ0) is 15.2. The van der Waals surface area contributed by atoms with Crippen LogP contribution in [0.4, 0.5) is 11.4 Å². The fourth-order valence-corrected chi connectivity index (χ4v) is 3.00. The molecule has 0 amide bonds. The van der Waals surface area contributed by atoms with Crippen LogP contribution in [0.3, 0.4) is 0 Å². The molecule has 0 spiro atoms. The fourth-order valence-electron chi connectivity index (χ4n) is 1.89. The minimum absolute atomic E-state index is 0.0120. The third-order valence-electron chi connectivity index (χ3n) is 2.91. The van der Waals surface area contributed by atoms with Gasteiger partial charge in [0.2, 0.25) is 0 Å². The summed E-state index contributed by atoms with van der Waals surface area (Å²) in [5, 5.41) is 11.7. The number of nitrogen functional groups attached to an aromatic ring is 1. The number of hydrogen-bond acceptors (Lipinski definition) is 5. The minimum atomic E-state index is -0.442. The number of rotatable bonds is 6. The molecule has 0 heterocycles. The van der Waals surface area contributed by atoms with Crippen molar-refractivity contribution in [3.63, 3.8) is 0 Å². The second-order valence-corrected chi connectivity index (χ2v) is 5.75. The predicted octanol–water partition coefficient (Wildman–Crippen LogP) is 3.97. The smallest absolute Gasteiger partial charge is 0.293 e. The molecule has 0 bridgehead atoms. The zero-order valence-corrected chi connectivity index (χ0v) is 12.7. The van der Waals surface area contributed by atoms with E-state index in [1.165, 1.54) is 6.07 Å². The van der Waals surface area contributed by atoms with E-state index in [4.69, 9.17) is 17.4 Å². The molecule has 2 aromatic carbocycles. The monoisotopic (exact) mass is 323 g/mol. The maximum Gasteiger partial charge on any atom is 0.293 e. The number of anilines is 1. The van der Waals surface area contributed by atoms with E-state index >= 15 is 0 Å². The van der Waals surface area contributed by atoms with Crippen molar-refractivity contribution in [2.45, 2.75) is 11.5 Å². The van der Waals surface area contributed by atoms with Gasteiger partial charge in [-0.3, -0.25) is 16.0 Å². The lowest BCUT2D eigenvalue weighted by Crippen LogP contribution is -2.11. The SMILES string of the molecule is NNc1c(CSCc2ccc(Cl)cc2)cccc1[N+](=O)[O-]. The molecule has 0 unspecified atom stereocenters. The largest absolute Gasteiger partial charge is 0.318 e. The van der Waals surface area contributed by atoms with Gasteiger partial charge in [-0.2, -0.15) is 11.8 Å². The van der Waals surface area contributed by atoms with E-state index in [0.29, 0.717) is 16.5 Å². The Bertz CT molecular complexity index is 635. The summed E-state index contributed by atoms with van der Waals surface area (Å²) in [5.74, 6) is 6.83. The highest BCUT2D eigenvalue weighted by atomic mass is 35.5. The third-order valence-corrected chi connectivity index (χ3v) is 4.21. The number of hydrogen-bond donors (Lipinski definition) is 2. The standard InChI is InChI=1S/C14H14ClN3O2S/c15-12-6-4-10(5-7-12)8-21-9-11-2-1-3-13(18(19)20)14(11)17-16/h1-7,17H,8-9,16H2. The van der Waals surface area contributed by atoms with Crippen LogP contribution < -0.4 is 11.3 Å². The molecule has 3 N–H and O–H groups in total. The van der Waals surface area contributed by atoms with E-state index in [0.717, 1.165) is 16.9 Å². The molecule has 0 atom stereocenters. The molecule has 2 rings (SSSR count). The van der Waals surface area contributed by atoms with Gasteiger partial charge in [0.25, 0.3) is 5.69 Å². The molecule has 2 aromatic rings. The maximum absolute atomic E-state index is 11.0. The molecule has 0 aliphatic heterocycles. The van der Waals surface area contributed by atoms with Crippen molar-refractivity contribution in [2.24, 2.45) is 5.84 Å². The van der Waals surface area contributed by atoms with Gasteiger partial charge in [0, 0.05) is 22.6 Å². The van der Waals surface area contributed by atoms with Crippen molar-refractivity contribution in [1.82, 2.24) is 0 Å². The summed E-state index contributed by atoms with van der Waals surface area (Å²) in [7, 11) is 0. The molecule has 0 saturated heterocycles. The van der Waals surface area contributed by atoms with Crippen LogP contribution in [0.2, 0.25) is 5.02 Å². The summed E-state index contributed by atoms with van der Waals surface area (Å²) in [4.78, 5) is 10.5. The van der Waals surface area contributed by atoms with Crippen molar-refractivity contribution in [2.75, 3.05) is 5.43 Å². The van der Waals surface area contributed by atoms with Gasteiger partial charge in [-0.05, 0) is 23.3 Å². The molecule has 7 heteroatoms. The van der Waals surface area contributed by atoms with Crippen molar-refractivity contribution in [1.29, 1.82) is 0 Å². The van der Waals surface area contributed by atoms with E-state index in [9.17, 15) is 10.1 Å². The first-order valence-corrected chi connectivity index (χ1v) is 7.70. The van der Waals surface area contributed by atoms with E-state index in [2.05, 4.69) is 5.43 Å². The average molecular weight is 324 g/mol. The second-order valence-electron chi connectivity index (χ2n) is 4.33. The molecule has 110 valence electrons. The molecule has 5 nitrogen and oxygen atoms in total. The molecular weight excluding hydrogens is 310 g/mol. The maximum atomic E-state index is 11.0.